The van der Waals surface area contributed by atoms with Crippen LogP contribution in [-0.4, -0.2) is 25.1 Å². The Labute approximate surface area is 123 Å². The predicted molar refractivity (Wildman–Crippen MR) is 73.2 cm³/mol. The van der Waals surface area contributed by atoms with Gasteiger partial charge in [0.25, 0.3) is 10.0 Å². The molecule has 2 N–H and O–H groups in total. The van der Waals surface area contributed by atoms with E-state index in [1.165, 1.54) is 6.20 Å². The fraction of sp³-hybridized carbons (Fsp3) is 0.0833. The summed E-state index contributed by atoms with van der Waals surface area (Å²) in [6.07, 6.45) is 1.31. The summed E-state index contributed by atoms with van der Waals surface area (Å²) in [5, 5.41) is 8.54. The maximum atomic E-state index is 13.5. The lowest BCUT2D eigenvalue weighted by atomic mass is 10.3. The number of aliphatic hydroxyl groups excluding tert-OH is 1. The number of hydrogen-bond donors (Lipinski definition) is 2. The van der Waals surface area contributed by atoms with Crippen molar-refractivity contribution in [2.75, 3.05) is 11.3 Å². The molecule has 2 aromatic rings. The number of nitrogens with one attached hydrogen (secondary N) is 1. The third-order valence-corrected chi connectivity index (χ3v) is 4.53. The van der Waals surface area contributed by atoms with Crippen LogP contribution in [-0.2, 0) is 10.0 Å². The normalized spacial score (nSPS) is 10.8. The molecule has 1 aromatic carbocycles. The van der Waals surface area contributed by atoms with E-state index in [1.807, 2.05) is 0 Å². The fourth-order valence-electron chi connectivity index (χ4n) is 1.37. The minimum absolute atomic E-state index is 0.0130. The van der Waals surface area contributed by atoms with Gasteiger partial charge in [-0.05, 0) is 12.1 Å². The Bertz CT molecular complexity index is 823. The van der Waals surface area contributed by atoms with Crippen molar-refractivity contribution in [2.24, 2.45) is 0 Å². The van der Waals surface area contributed by atoms with Gasteiger partial charge < -0.3 is 5.11 Å². The van der Waals surface area contributed by atoms with Crippen LogP contribution in [0.1, 0.15) is 4.88 Å². The number of benzene rings is 1. The van der Waals surface area contributed by atoms with Gasteiger partial charge in [-0.1, -0.05) is 23.2 Å². The standard InChI is InChI=1S/C12H8F2N2O3S2/c13-8-3-4-11(10(14)6-8)21(18,19)16-12-15-7-9(20-12)2-1-5-17/h3-4,6-7,17H,5H2,(H,15,16). The van der Waals surface area contributed by atoms with Crippen LogP contribution < -0.4 is 4.72 Å². The minimum atomic E-state index is -4.21. The number of anilines is 1. The Morgan fingerprint density at radius 3 is 2.81 bits per heavy atom. The molecule has 0 saturated carbocycles. The quantitative estimate of drug-likeness (QED) is 0.837. The fourth-order valence-corrected chi connectivity index (χ4v) is 3.36. The Hall–Kier alpha value is -2.02. The molecule has 0 bridgehead atoms. The molecule has 0 amide bonds. The third-order valence-electron chi connectivity index (χ3n) is 2.20. The second kappa shape index (κ2) is 6.17. The summed E-state index contributed by atoms with van der Waals surface area (Å²) in [4.78, 5) is 3.53. The molecule has 0 aliphatic heterocycles. The molecule has 0 radical (unpaired) electrons. The van der Waals surface area contributed by atoms with E-state index in [0.717, 1.165) is 23.5 Å². The van der Waals surface area contributed by atoms with Crippen molar-refractivity contribution < 1.29 is 22.3 Å². The van der Waals surface area contributed by atoms with E-state index in [2.05, 4.69) is 21.5 Å². The molecule has 21 heavy (non-hydrogen) atoms. The molecule has 1 aromatic heterocycles. The van der Waals surface area contributed by atoms with Crippen molar-refractivity contribution in [2.45, 2.75) is 4.90 Å². The smallest absolute Gasteiger partial charge is 0.266 e. The number of rotatable bonds is 3. The van der Waals surface area contributed by atoms with Crippen LogP contribution >= 0.6 is 11.3 Å². The first kappa shape index (κ1) is 15.4. The van der Waals surface area contributed by atoms with E-state index in [0.29, 0.717) is 10.9 Å². The Kier molecular flexibility index (Phi) is 4.52. The Morgan fingerprint density at radius 2 is 2.14 bits per heavy atom. The van der Waals surface area contributed by atoms with Crippen LogP contribution in [0.2, 0.25) is 0 Å². The zero-order valence-electron chi connectivity index (χ0n) is 10.3. The summed E-state index contributed by atoms with van der Waals surface area (Å²) in [6, 6.07) is 2.15. The molecule has 110 valence electrons. The summed E-state index contributed by atoms with van der Waals surface area (Å²) in [5.41, 5.74) is 0. The number of halogens is 2. The van der Waals surface area contributed by atoms with Crippen molar-refractivity contribution in [3.63, 3.8) is 0 Å². The molecule has 2 rings (SSSR count). The summed E-state index contributed by atoms with van der Waals surface area (Å²) < 4.78 is 52.3. The van der Waals surface area contributed by atoms with E-state index in [1.54, 1.807) is 0 Å². The van der Waals surface area contributed by atoms with Gasteiger partial charge in [0.1, 0.15) is 23.1 Å². The summed E-state index contributed by atoms with van der Waals surface area (Å²) >= 11 is 0.921. The van der Waals surface area contributed by atoms with E-state index >= 15 is 0 Å². The second-order valence-corrected chi connectivity index (χ2v) is 6.35. The lowest BCUT2D eigenvalue weighted by Crippen LogP contribution is -2.14. The van der Waals surface area contributed by atoms with Gasteiger partial charge in [0.15, 0.2) is 5.13 Å². The largest absolute Gasteiger partial charge is 0.384 e. The van der Waals surface area contributed by atoms with Crippen molar-refractivity contribution in [3.05, 3.63) is 40.9 Å². The molecule has 1 heterocycles. The first-order chi connectivity index (χ1) is 9.92. The van der Waals surface area contributed by atoms with Crippen LogP contribution in [0.5, 0.6) is 0 Å². The van der Waals surface area contributed by atoms with Crippen LogP contribution in [0, 0.1) is 23.5 Å². The van der Waals surface area contributed by atoms with Gasteiger partial charge in [0.2, 0.25) is 0 Å². The lowest BCUT2D eigenvalue weighted by molar-refractivity contribution is 0.350. The first-order valence-electron chi connectivity index (χ1n) is 5.46. The molecule has 0 unspecified atom stereocenters. The van der Waals surface area contributed by atoms with Gasteiger partial charge >= 0.3 is 0 Å². The number of sulfonamides is 1. The second-order valence-electron chi connectivity index (χ2n) is 3.67. The number of aliphatic hydroxyl groups is 1. The van der Waals surface area contributed by atoms with E-state index in [9.17, 15) is 17.2 Å². The highest BCUT2D eigenvalue weighted by Crippen LogP contribution is 2.23. The molecular weight excluding hydrogens is 322 g/mol. The Balaban J connectivity index is 2.27. The monoisotopic (exact) mass is 330 g/mol. The predicted octanol–water partition coefficient (Wildman–Crippen LogP) is 1.57. The van der Waals surface area contributed by atoms with E-state index in [-0.39, 0.29) is 11.7 Å². The zero-order valence-corrected chi connectivity index (χ0v) is 11.9. The van der Waals surface area contributed by atoms with Gasteiger partial charge in [-0.15, -0.1) is 0 Å². The van der Waals surface area contributed by atoms with Crippen LogP contribution in [0.4, 0.5) is 13.9 Å². The lowest BCUT2D eigenvalue weighted by Gasteiger charge is -2.05. The molecule has 5 nitrogen and oxygen atoms in total. The van der Waals surface area contributed by atoms with Crippen LogP contribution in [0.15, 0.2) is 29.3 Å². The maximum Gasteiger partial charge on any atom is 0.266 e. The van der Waals surface area contributed by atoms with E-state index in [4.69, 9.17) is 5.11 Å². The number of nitrogens with zero attached hydrogens (tertiary/aromatic N) is 1. The van der Waals surface area contributed by atoms with Crippen LogP contribution in [0.25, 0.3) is 0 Å². The maximum absolute atomic E-state index is 13.5. The average molecular weight is 330 g/mol. The number of aromatic nitrogens is 1. The molecule has 0 fully saturated rings. The SMILES string of the molecule is O=S(=O)(Nc1ncc(C#CCO)s1)c1ccc(F)cc1F. The number of hydrogen-bond acceptors (Lipinski definition) is 5. The van der Waals surface area contributed by atoms with Crippen molar-refractivity contribution in [1.82, 2.24) is 4.98 Å². The first-order valence-corrected chi connectivity index (χ1v) is 7.76. The summed E-state index contributed by atoms with van der Waals surface area (Å²) in [7, 11) is -4.21. The van der Waals surface area contributed by atoms with Gasteiger partial charge in [0.05, 0.1) is 11.1 Å². The summed E-state index contributed by atoms with van der Waals surface area (Å²) in [5.74, 6) is 2.87. The van der Waals surface area contributed by atoms with Crippen LogP contribution in [0.3, 0.4) is 0 Å². The molecule has 0 aliphatic carbocycles. The van der Waals surface area contributed by atoms with Gasteiger partial charge in [-0.25, -0.2) is 22.2 Å². The molecule has 0 spiro atoms. The molecule has 9 heteroatoms. The molecular formula is C12H8F2N2O3S2. The van der Waals surface area contributed by atoms with Gasteiger partial charge in [0, 0.05) is 6.07 Å². The minimum Gasteiger partial charge on any atom is -0.384 e. The highest BCUT2D eigenvalue weighted by molar-refractivity contribution is 7.93. The van der Waals surface area contributed by atoms with E-state index < -0.39 is 26.6 Å². The van der Waals surface area contributed by atoms with Crippen molar-refractivity contribution in [1.29, 1.82) is 0 Å². The highest BCUT2D eigenvalue weighted by atomic mass is 32.2. The molecule has 0 saturated heterocycles. The van der Waals surface area contributed by atoms with Gasteiger partial charge in [-0.3, -0.25) is 4.72 Å². The third kappa shape index (κ3) is 3.75. The summed E-state index contributed by atoms with van der Waals surface area (Å²) in [6.45, 7) is -0.334. The van der Waals surface area contributed by atoms with Crippen molar-refractivity contribution in [3.8, 4) is 11.8 Å². The topological polar surface area (TPSA) is 79.3 Å². The number of thiazole rings is 1. The molecule has 0 atom stereocenters. The average Bonchev–Trinajstić information content (AvgIpc) is 2.82. The van der Waals surface area contributed by atoms with Gasteiger partial charge in [-0.2, -0.15) is 0 Å². The van der Waals surface area contributed by atoms with Crippen molar-refractivity contribution >= 4 is 26.5 Å². The zero-order chi connectivity index (χ0) is 15.5. The highest BCUT2D eigenvalue weighted by Gasteiger charge is 2.20. The molecule has 0 aliphatic rings. The Morgan fingerprint density at radius 1 is 1.38 bits per heavy atom.